The van der Waals surface area contributed by atoms with Crippen LogP contribution in [-0.2, 0) is 4.74 Å². The second-order valence-corrected chi connectivity index (χ2v) is 2.24. The first kappa shape index (κ1) is 12.8. The van der Waals surface area contributed by atoms with Crippen molar-refractivity contribution < 1.29 is 35.9 Å². The summed E-state index contributed by atoms with van der Waals surface area (Å²) in [6, 6.07) is 0. The van der Waals surface area contributed by atoms with Gasteiger partial charge in [-0.1, -0.05) is 0 Å². The van der Waals surface area contributed by atoms with Crippen LogP contribution in [0.25, 0.3) is 0 Å². The first-order valence-electron chi connectivity index (χ1n) is 3.07. The third-order valence-electron chi connectivity index (χ3n) is 1.16. The average molecular weight is 225 g/mol. The molecule has 0 aromatic heterocycles. The van der Waals surface area contributed by atoms with E-state index in [1.807, 2.05) is 0 Å². The monoisotopic (exact) mass is 225 g/mol. The minimum absolute atomic E-state index is 1.75. The summed E-state index contributed by atoms with van der Waals surface area (Å²) in [5, 5.41) is 0. The predicted molar refractivity (Wildman–Crippen MR) is 31.4 cm³/mol. The third-order valence-corrected chi connectivity index (χ3v) is 1.16. The highest BCUT2D eigenvalue weighted by atomic mass is 19.3. The molecule has 0 radical (unpaired) electrons. The lowest BCUT2D eigenvalue weighted by Crippen LogP contribution is -2.49. The molecule has 0 atom stereocenters. The third kappa shape index (κ3) is 2.67. The van der Waals surface area contributed by atoms with Crippen molar-refractivity contribution in [2.45, 2.75) is 18.3 Å². The van der Waals surface area contributed by atoms with Crippen molar-refractivity contribution in [2.24, 2.45) is 5.73 Å². The smallest absolute Gasteiger partial charge is 0.404 e. The fourth-order valence-electron chi connectivity index (χ4n) is 0.418. The number of hydrogen-bond donors (Lipinski definition) is 1. The van der Waals surface area contributed by atoms with Crippen LogP contribution in [0.15, 0.2) is 0 Å². The van der Waals surface area contributed by atoms with Gasteiger partial charge >= 0.3 is 24.4 Å². The second kappa shape index (κ2) is 3.93. The maximum Gasteiger partial charge on any atom is 0.404 e. The van der Waals surface area contributed by atoms with E-state index in [2.05, 4.69) is 10.5 Å². The van der Waals surface area contributed by atoms with Crippen molar-refractivity contribution in [2.75, 3.05) is 6.61 Å². The Morgan fingerprint density at radius 2 is 1.71 bits per heavy atom. The number of nitrogens with two attached hydrogens (primary N) is 1. The summed E-state index contributed by atoms with van der Waals surface area (Å²) < 4.78 is 74.8. The predicted octanol–water partition coefficient (Wildman–Crippen LogP) is 1.62. The minimum Gasteiger partial charge on any atom is -0.443 e. The molecule has 0 bridgehead atoms. The first-order chi connectivity index (χ1) is 6.11. The number of ether oxygens (including phenoxy) is 1. The summed E-state index contributed by atoms with van der Waals surface area (Å²) in [4.78, 5) is 9.78. The molecule has 0 saturated heterocycles. The van der Waals surface area contributed by atoms with Gasteiger partial charge in [-0.3, -0.25) is 0 Å². The molecule has 0 unspecified atom stereocenters. The van der Waals surface area contributed by atoms with E-state index in [1.54, 1.807) is 0 Å². The van der Waals surface area contributed by atoms with Crippen molar-refractivity contribution in [3.8, 4) is 0 Å². The van der Waals surface area contributed by atoms with Crippen molar-refractivity contribution >= 4 is 6.09 Å². The molecule has 0 fully saturated rings. The Balaban J connectivity index is 4.51. The molecule has 1 amide bonds. The van der Waals surface area contributed by atoms with Gasteiger partial charge in [0.25, 0.3) is 0 Å². The normalized spacial score (nSPS) is 13.1. The fraction of sp³-hybridized carbons (Fsp3) is 0.800. The van der Waals surface area contributed by atoms with E-state index < -0.39 is 31.0 Å². The summed E-state index contributed by atoms with van der Waals surface area (Å²) in [7, 11) is 0. The molecule has 2 N–H and O–H groups in total. The molecular formula is C5H5F6NO2. The highest BCUT2D eigenvalue weighted by Crippen LogP contribution is 2.39. The van der Waals surface area contributed by atoms with E-state index in [0.29, 0.717) is 0 Å². The standard InChI is InChI=1S/C5H5F6NO2/c6-2(7)5(10,11)4(8,9)1-14-3(12)13/h2H,1H2,(H2,12,13). The molecule has 0 aromatic carbocycles. The van der Waals surface area contributed by atoms with Crippen LogP contribution in [0.1, 0.15) is 0 Å². The average Bonchev–Trinajstić information content (AvgIpc) is 2.00. The highest BCUT2D eigenvalue weighted by Gasteiger charge is 2.63. The van der Waals surface area contributed by atoms with Crippen molar-refractivity contribution in [3.63, 3.8) is 0 Å². The number of halogens is 6. The van der Waals surface area contributed by atoms with Crippen molar-refractivity contribution in [1.29, 1.82) is 0 Å². The van der Waals surface area contributed by atoms with Crippen molar-refractivity contribution in [3.05, 3.63) is 0 Å². The zero-order valence-corrected chi connectivity index (χ0v) is 6.45. The Bertz CT molecular complexity index is 218. The maximum atomic E-state index is 12.2. The summed E-state index contributed by atoms with van der Waals surface area (Å²) in [5.41, 5.74) is 4.19. The topological polar surface area (TPSA) is 52.3 Å². The van der Waals surface area contributed by atoms with Gasteiger partial charge in [-0.15, -0.1) is 0 Å². The molecular weight excluding hydrogens is 220 g/mol. The summed E-state index contributed by atoms with van der Waals surface area (Å²) in [5.74, 6) is -10.7. The van der Waals surface area contributed by atoms with Crippen LogP contribution in [0, 0.1) is 0 Å². The van der Waals surface area contributed by atoms with Crippen LogP contribution >= 0.6 is 0 Å². The van der Waals surface area contributed by atoms with Gasteiger partial charge in [0.15, 0.2) is 6.61 Å². The molecule has 0 aromatic rings. The molecule has 0 aliphatic heterocycles. The van der Waals surface area contributed by atoms with Crippen LogP contribution < -0.4 is 5.73 Å². The quantitative estimate of drug-likeness (QED) is 0.739. The molecule has 84 valence electrons. The lowest BCUT2D eigenvalue weighted by molar-refractivity contribution is -0.273. The summed E-state index contributed by atoms with van der Waals surface area (Å²) >= 11 is 0. The number of carbonyl (C=O) groups is 1. The van der Waals surface area contributed by atoms with E-state index in [-0.39, 0.29) is 0 Å². The van der Waals surface area contributed by atoms with Gasteiger partial charge in [-0.2, -0.15) is 17.6 Å². The van der Waals surface area contributed by atoms with Crippen LogP contribution in [-0.4, -0.2) is 31.0 Å². The minimum atomic E-state index is -5.57. The highest BCUT2D eigenvalue weighted by molar-refractivity contribution is 5.64. The zero-order valence-electron chi connectivity index (χ0n) is 6.45. The number of amides is 1. The maximum absolute atomic E-state index is 12.2. The van der Waals surface area contributed by atoms with Gasteiger partial charge in [0.2, 0.25) is 0 Å². The molecule has 0 heterocycles. The van der Waals surface area contributed by atoms with Gasteiger partial charge in [0, 0.05) is 0 Å². The molecule has 3 nitrogen and oxygen atoms in total. The molecule has 0 aliphatic carbocycles. The lowest BCUT2D eigenvalue weighted by atomic mass is 10.2. The SMILES string of the molecule is NC(=O)OCC(F)(F)C(F)(F)C(F)F. The molecule has 14 heavy (non-hydrogen) atoms. The Labute approximate surface area is 73.8 Å². The Hall–Kier alpha value is -1.15. The molecule has 0 rings (SSSR count). The van der Waals surface area contributed by atoms with E-state index in [1.165, 1.54) is 0 Å². The van der Waals surface area contributed by atoms with Crippen LogP contribution in [0.4, 0.5) is 31.1 Å². The lowest BCUT2D eigenvalue weighted by Gasteiger charge is -2.24. The number of rotatable bonds is 4. The van der Waals surface area contributed by atoms with Gasteiger partial charge in [0.05, 0.1) is 0 Å². The Kier molecular flexibility index (Phi) is 3.60. The first-order valence-corrected chi connectivity index (χ1v) is 3.07. The van der Waals surface area contributed by atoms with Crippen LogP contribution in [0.3, 0.4) is 0 Å². The van der Waals surface area contributed by atoms with Crippen LogP contribution in [0.2, 0.25) is 0 Å². The molecule has 0 aliphatic rings. The van der Waals surface area contributed by atoms with Crippen LogP contribution in [0.5, 0.6) is 0 Å². The van der Waals surface area contributed by atoms with Gasteiger partial charge < -0.3 is 10.5 Å². The van der Waals surface area contributed by atoms with Gasteiger partial charge in [0.1, 0.15) is 0 Å². The number of hydrogen-bond acceptors (Lipinski definition) is 2. The number of primary amides is 1. The second-order valence-electron chi connectivity index (χ2n) is 2.24. The van der Waals surface area contributed by atoms with Crippen molar-refractivity contribution in [1.82, 2.24) is 0 Å². The Morgan fingerprint density at radius 3 is 2.00 bits per heavy atom. The van der Waals surface area contributed by atoms with E-state index >= 15 is 0 Å². The molecule has 9 heteroatoms. The van der Waals surface area contributed by atoms with Gasteiger partial charge in [-0.25, -0.2) is 13.6 Å². The van der Waals surface area contributed by atoms with Gasteiger partial charge in [-0.05, 0) is 0 Å². The van der Waals surface area contributed by atoms with E-state index in [4.69, 9.17) is 0 Å². The summed E-state index contributed by atoms with van der Waals surface area (Å²) in [6.45, 7) is -2.19. The largest absolute Gasteiger partial charge is 0.443 e. The Morgan fingerprint density at radius 1 is 1.29 bits per heavy atom. The molecule has 0 saturated carbocycles. The molecule has 0 spiro atoms. The fourth-order valence-corrected chi connectivity index (χ4v) is 0.418. The summed E-state index contributed by atoms with van der Waals surface area (Å²) in [6.07, 6.45) is -6.32. The zero-order chi connectivity index (χ0) is 11.6. The van der Waals surface area contributed by atoms with E-state index in [0.717, 1.165) is 0 Å². The number of carbonyl (C=O) groups excluding carboxylic acids is 1. The van der Waals surface area contributed by atoms with E-state index in [9.17, 15) is 31.1 Å². The number of alkyl halides is 6.